The second kappa shape index (κ2) is 11.1. The van der Waals surface area contributed by atoms with E-state index in [1.807, 2.05) is 52.8 Å². The highest BCUT2D eigenvalue weighted by Gasteiger charge is 2.16. The van der Waals surface area contributed by atoms with Crippen LogP contribution in [0.25, 0.3) is 22.2 Å². The van der Waals surface area contributed by atoms with Gasteiger partial charge in [-0.3, -0.25) is 4.98 Å². The first-order valence-corrected chi connectivity index (χ1v) is 10.1. The predicted octanol–water partition coefficient (Wildman–Crippen LogP) is 6.12. The number of anilines is 1. The van der Waals surface area contributed by atoms with Crippen molar-refractivity contribution in [3.63, 3.8) is 0 Å². The second-order valence-electron chi connectivity index (χ2n) is 6.49. The topological polar surface area (TPSA) is 69.2 Å². The zero-order valence-corrected chi connectivity index (χ0v) is 18.9. The Labute approximate surface area is 182 Å². The van der Waals surface area contributed by atoms with Gasteiger partial charge in [0, 0.05) is 10.9 Å². The summed E-state index contributed by atoms with van der Waals surface area (Å²) in [4.78, 5) is 12.9. The maximum atomic E-state index is 13.3. The molecule has 1 unspecified atom stereocenters. The van der Waals surface area contributed by atoms with E-state index in [1.165, 1.54) is 18.6 Å². The fourth-order valence-electron chi connectivity index (χ4n) is 2.74. The molecule has 0 aliphatic rings. The summed E-state index contributed by atoms with van der Waals surface area (Å²) in [6, 6.07) is 6.49. The molecule has 31 heavy (non-hydrogen) atoms. The lowest BCUT2D eigenvalue weighted by Gasteiger charge is -2.19. The summed E-state index contributed by atoms with van der Waals surface area (Å²) in [5, 5.41) is 4.06. The monoisotopic (exact) mass is 424 g/mol. The summed E-state index contributed by atoms with van der Waals surface area (Å²) >= 11 is 0. The van der Waals surface area contributed by atoms with Gasteiger partial charge in [-0.2, -0.15) is 0 Å². The van der Waals surface area contributed by atoms with Gasteiger partial charge in [-0.25, -0.2) is 14.4 Å². The van der Waals surface area contributed by atoms with E-state index >= 15 is 0 Å². The Morgan fingerprint density at radius 3 is 2.55 bits per heavy atom. The number of benzene rings is 1. The Kier molecular flexibility index (Phi) is 8.49. The molecule has 7 heteroatoms. The number of nitrogens with zero attached hydrogens (tertiary/aromatic N) is 3. The standard InChI is InChI=1S/C22H23FN4O2.C2H6/c1-6-13(2)29-15(4)14(3)27-22-18-9-16(19-8-7-17(23)11-24-19)10-20(28-5)21(18)25-12-26-22;1-2/h6-12,14H,4H2,1-3,5H3,(H,25,26,27);1-2H3/b13-6-;. The van der Waals surface area contributed by atoms with Crippen LogP contribution in [0.2, 0.25) is 0 Å². The lowest BCUT2D eigenvalue weighted by molar-refractivity contribution is 0.289. The van der Waals surface area contributed by atoms with Crippen LogP contribution in [0.3, 0.4) is 0 Å². The van der Waals surface area contributed by atoms with Crippen molar-refractivity contribution in [2.75, 3.05) is 12.4 Å². The third-order valence-corrected chi connectivity index (χ3v) is 4.48. The van der Waals surface area contributed by atoms with Gasteiger partial charge in [0.2, 0.25) is 0 Å². The van der Waals surface area contributed by atoms with Gasteiger partial charge in [0.15, 0.2) is 0 Å². The van der Waals surface area contributed by atoms with E-state index in [1.54, 1.807) is 13.2 Å². The molecule has 3 aromatic rings. The van der Waals surface area contributed by atoms with E-state index in [0.717, 1.165) is 16.7 Å². The number of halogens is 1. The van der Waals surface area contributed by atoms with Crippen LogP contribution in [0.15, 0.2) is 61.0 Å². The Hall–Kier alpha value is -3.48. The molecule has 2 heterocycles. The number of methoxy groups -OCH3 is 1. The molecule has 0 saturated carbocycles. The summed E-state index contributed by atoms with van der Waals surface area (Å²) in [6.45, 7) is 13.7. The van der Waals surface area contributed by atoms with Crippen molar-refractivity contribution >= 4 is 16.7 Å². The molecular weight excluding hydrogens is 395 g/mol. The molecule has 0 aliphatic carbocycles. The van der Waals surface area contributed by atoms with Crippen molar-refractivity contribution in [1.29, 1.82) is 0 Å². The van der Waals surface area contributed by atoms with Gasteiger partial charge in [0.1, 0.15) is 35.0 Å². The highest BCUT2D eigenvalue weighted by molar-refractivity contribution is 5.96. The molecular formula is C24H29FN4O2. The minimum absolute atomic E-state index is 0.207. The maximum Gasteiger partial charge on any atom is 0.145 e. The summed E-state index contributed by atoms with van der Waals surface area (Å²) in [5.41, 5.74) is 2.03. The van der Waals surface area contributed by atoms with E-state index in [2.05, 4.69) is 26.8 Å². The molecule has 1 atom stereocenters. The summed E-state index contributed by atoms with van der Waals surface area (Å²) in [7, 11) is 1.57. The highest BCUT2D eigenvalue weighted by Crippen LogP contribution is 2.33. The molecule has 0 bridgehead atoms. The molecule has 0 fully saturated rings. The first-order chi connectivity index (χ1) is 14.9. The Bertz CT molecular complexity index is 1070. The average molecular weight is 425 g/mol. The fourth-order valence-corrected chi connectivity index (χ4v) is 2.74. The molecule has 0 saturated heterocycles. The van der Waals surface area contributed by atoms with Crippen molar-refractivity contribution in [1.82, 2.24) is 15.0 Å². The average Bonchev–Trinajstić information content (AvgIpc) is 2.80. The van der Waals surface area contributed by atoms with E-state index in [-0.39, 0.29) is 6.04 Å². The van der Waals surface area contributed by atoms with Crippen LogP contribution >= 0.6 is 0 Å². The molecule has 1 N–H and O–H groups in total. The fraction of sp³-hybridized carbons (Fsp3) is 0.292. The molecule has 0 radical (unpaired) electrons. The minimum atomic E-state index is -0.393. The second-order valence-corrected chi connectivity index (χ2v) is 6.49. The largest absolute Gasteiger partial charge is 0.494 e. The van der Waals surface area contributed by atoms with Gasteiger partial charge in [-0.15, -0.1) is 0 Å². The Morgan fingerprint density at radius 1 is 1.19 bits per heavy atom. The van der Waals surface area contributed by atoms with E-state index in [9.17, 15) is 4.39 Å². The van der Waals surface area contributed by atoms with Crippen molar-refractivity contribution in [3.05, 3.63) is 66.8 Å². The first-order valence-electron chi connectivity index (χ1n) is 10.1. The minimum Gasteiger partial charge on any atom is -0.494 e. The number of fused-ring (bicyclic) bond motifs is 1. The molecule has 3 rings (SSSR count). The van der Waals surface area contributed by atoms with Gasteiger partial charge in [-0.05, 0) is 51.1 Å². The quantitative estimate of drug-likeness (QED) is 0.461. The molecule has 6 nitrogen and oxygen atoms in total. The van der Waals surface area contributed by atoms with E-state index < -0.39 is 5.82 Å². The van der Waals surface area contributed by atoms with Crippen LogP contribution in [0.5, 0.6) is 5.75 Å². The number of ether oxygens (including phenoxy) is 2. The van der Waals surface area contributed by atoms with Gasteiger partial charge in [0.25, 0.3) is 0 Å². The number of pyridine rings is 1. The molecule has 1 aromatic carbocycles. The van der Waals surface area contributed by atoms with Crippen LogP contribution in [-0.2, 0) is 4.74 Å². The van der Waals surface area contributed by atoms with Crippen LogP contribution in [0.4, 0.5) is 10.2 Å². The highest BCUT2D eigenvalue weighted by atomic mass is 19.1. The van der Waals surface area contributed by atoms with Crippen LogP contribution in [0, 0.1) is 5.82 Å². The molecule has 0 amide bonds. The smallest absolute Gasteiger partial charge is 0.145 e. The molecule has 164 valence electrons. The third-order valence-electron chi connectivity index (χ3n) is 4.48. The molecule has 2 aromatic heterocycles. The zero-order valence-electron chi connectivity index (χ0n) is 18.9. The van der Waals surface area contributed by atoms with Gasteiger partial charge in [-0.1, -0.05) is 20.4 Å². The van der Waals surface area contributed by atoms with Crippen molar-refractivity contribution < 1.29 is 13.9 Å². The van der Waals surface area contributed by atoms with Crippen molar-refractivity contribution in [2.24, 2.45) is 0 Å². The number of aromatic nitrogens is 3. The third kappa shape index (κ3) is 5.78. The van der Waals surface area contributed by atoms with Crippen LogP contribution in [-0.4, -0.2) is 28.1 Å². The maximum absolute atomic E-state index is 13.3. The lowest BCUT2D eigenvalue weighted by atomic mass is 10.1. The number of rotatable bonds is 7. The zero-order chi connectivity index (χ0) is 23.0. The van der Waals surface area contributed by atoms with Gasteiger partial charge < -0.3 is 14.8 Å². The van der Waals surface area contributed by atoms with Crippen LogP contribution in [0.1, 0.15) is 34.6 Å². The molecule has 0 spiro atoms. The van der Waals surface area contributed by atoms with Crippen molar-refractivity contribution in [3.8, 4) is 17.0 Å². The number of hydrogen-bond acceptors (Lipinski definition) is 6. The number of hydrogen-bond donors (Lipinski definition) is 1. The van der Waals surface area contributed by atoms with Crippen molar-refractivity contribution in [2.45, 2.75) is 40.7 Å². The summed E-state index contributed by atoms with van der Waals surface area (Å²) < 4.78 is 24.5. The van der Waals surface area contributed by atoms with Crippen LogP contribution < -0.4 is 10.1 Å². The summed E-state index contributed by atoms with van der Waals surface area (Å²) in [5.74, 6) is 2.11. The Balaban J connectivity index is 0.00000166. The summed E-state index contributed by atoms with van der Waals surface area (Å²) in [6.07, 6.45) is 4.51. The number of allylic oxidation sites excluding steroid dienone is 2. The first kappa shape index (κ1) is 23.8. The predicted molar refractivity (Wildman–Crippen MR) is 123 cm³/mol. The normalized spacial score (nSPS) is 11.9. The molecule has 0 aliphatic heterocycles. The number of nitrogens with one attached hydrogen (secondary N) is 1. The van der Waals surface area contributed by atoms with E-state index in [4.69, 9.17) is 9.47 Å². The van der Waals surface area contributed by atoms with Gasteiger partial charge in [0.05, 0.1) is 30.8 Å². The van der Waals surface area contributed by atoms with Gasteiger partial charge >= 0.3 is 0 Å². The van der Waals surface area contributed by atoms with E-state index in [0.29, 0.717) is 28.5 Å². The Morgan fingerprint density at radius 2 is 1.94 bits per heavy atom. The SMILES string of the molecule is C=C(O/C(C)=C\C)C(C)Nc1ncnc2c(OC)cc(-c3ccc(F)cn3)cc12.CC. The lowest BCUT2D eigenvalue weighted by Crippen LogP contribution is -2.20.